The van der Waals surface area contributed by atoms with Gasteiger partial charge in [0.15, 0.2) is 5.82 Å². The zero-order chi connectivity index (χ0) is 21.5. The van der Waals surface area contributed by atoms with Crippen molar-refractivity contribution < 1.29 is 19.4 Å². The summed E-state index contributed by atoms with van der Waals surface area (Å²) in [5, 5.41) is 25.0. The van der Waals surface area contributed by atoms with Gasteiger partial charge in [-0.1, -0.05) is 43.5 Å². The Morgan fingerprint density at radius 1 is 1.27 bits per heavy atom. The van der Waals surface area contributed by atoms with Crippen LogP contribution in [0.5, 0.6) is 0 Å². The lowest BCUT2D eigenvalue weighted by Crippen LogP contribution is -2.42. The van der Waals surface area contributed by atoms with Crippen LogP contribution in [-0.4, -0.2) is 50.4 Å². The molecule has 30 heavy (non-hydrogen) atoms. The summed E-state index contributed by atoms with van der Waals surface area (Å²) >= 11 is 0. The summed E-state index contributed by atoms with van der Waals surface area (Å²) in [6, 6.07) is 7.17. The lowest BCUT2D eigenvalue weighted by molar-refractivity contribution is -0.141. The molecule has 0 radical (unpaired) electrons. The van der Waals surface area contributed by atoms with E-state index in [1.807, 2.05) is 31.2 Å². The summed E-state index contributed by atoms with van der Waals surface area (Å²) in [6.07, 6.45) is 5.42. The number of carbonyl (C=O) groups is 2. The van der Waals surface area contributed by atoms with Crippen LogP contribution < -0.4 is 5.32 Å². The van der Waals surface area contributed by atoms with Gasteiger partial charge in [-0.05, 0) is 47.2 Å². The number of carbonyl (C=O) groups excluding carboxylic acids is 1. The monoisotopic (exact) mass is 415 g/mol. The molecule has 3 rings (SSSR count). The van der Waals surface area contributed by atoms with Gasteiger partial charge >= 0.3 is 11.9 Å². The van der Waals surface area contributed by atoms with Crippen LogP contribution in [0.15, 0.2) is 24.3 Å². The Bertz CT molecular complexity index is 863. The molecule has 9 heteroatoms. The van der Waals surface area contributed by atoms with Crippen LogP contribution >= 0.6 is 0 Å². The number of carboxylic acids is 1. The fourth-order valence-corrected chi connectivity index (χ4v) is 4.23. The van der Waals surface area contributed by atoms with E-state index < -0.39 is 18.0 Å². The van der Waals surface area contributed by atoms with Crippen LogP contribution in [0, 0.1) is 12.8 Å². The van der Waals surface area contributed by atoms with Crippen molar-refractivity contribution in [3.05, 3.63) is 41.2 Å². The number of nitrogens with zero attached hydrogens (tertiary/aromatic N) is 4. The van der Waals surface area contributed by atoms with E-state index in [-0.39, 0.29) is 24.9 Å². The third-order valence-corrected chi connectivity index (χ3v) is 5.82. The number of hydrogen-bond donors (Lipinski definition) is 2. The number of methoxy groups -OCH3 is 1. The fourth-order valence-electron chi connectivity index (χ4n) is 4.23. The van der Waals surface area contributed by atoms with Crippen molar-refractivity contribution in [3.63, 3.8) is 0 Å². The summed E-state index contributed by atoms with van der Waals surface area (Å²) < 4.78 is 6.17. The maximum Gasteiger partial charge on any atom is 0.327 e. The summed E-state index contributed by atoms with van der Waals surface area (Å²) in [5.74, 6) is -0.565. The molecule has 2 N–H and O–H groups in total. The molecule has 1 saturated carbocycles. The Morgan fingerprint density at radius 2 is 2.00 bits per heavy atom. The second-order valence-electron chi connectivity index (χ2n) is 7.83. The predicted molar refractivity (Wildman–Crippen MR) is 109 cm³/mol. The van der Waals surface area contributed by atoms with Crippen LogP contribution in [0.3, 0.4) is 0 Å². The van der Waals surface area contributed by atoms with E-state index in [2.05, 4.69) is 20.8 Å². The zero-order valence-electron chi connectivity index (χ0n) is 17.5. The molecule has 0 bridgehead atoms. The molecule has 162 valence electrons. The Hall–Kier alpha value is -2.81. The second kappa shape index (κ2) is 10.3. The van der Waals surface area contributed by atoms with Gasteiger partial charge in [0.2, 0.25) is 0 Å². The molecule has 0 aliphatic heterocycles. The number of nitrogens with one attached hydrogen (secondary N) is 1. The summed E-state index contributed by atoms with van der Waals surface area (Å²) in [5.41, 5.74) is 1.98. The average molecular weight is 415 g/mol. The minimum atomic E-state index is -0.837. The standard InChI is InChI=1S/C21H29N5O4/c1-14-8-6-7-11-16(14)20(21-23-24-25-26(21)13-19(29)30-2)22-17(12-18(27)28)15-9-4-3-5-10-15/h6-8,11,15,17,20,22H,3-5,9-10,12-13H2,1-2H3,(H,27,28). The van der Waals surface area contributed by atoms with Crippen molar-refractivity contribution in [2.24, 2.45) is 5.92 Å². The summed E-state index contributed by atoms with van der Waals surface area (Å²) in [4.78, 5) is 23.5. The van der Waals surface area contributed by atoms with Crippen molar-refractivity contribution in [1.29, 1.82) is 0 Å². The van der Waals surface area contributed by atoms with Gasteiger partial charge in [0.05, 0.1) is 19.6 Å². The Balaban J connectivity index is 1.97. The Kier molecular flexibility index (Phi) is 7.51. The molecule has 9 nitrogen and oxygen atoms in total. The molecule has 1 fully saturated rings. The molecule has 1 aromatic heterocycles. The molecule has 1 aliphatic rings. The summed E-state index contributed by atoms with van der Waals surface area (Å²) in [6.45, 7) is 1.88. The van der Waals surface area contributed by atoms with E-state index in [9.17, 15) is 14.7 Å². The molecule has 0 spiro atoms. The number of aryl methyl sites for hydroxylation is 1. The number of benzene rings is 1. The SMILES string of the molecule is COC(=O)Cn1nnnc1C(NC(CC(=O)O)C1CCCCC1)c1ccccc1C. The van der Waals surface area contributed by atoms with Crippen molar-refractivity contribution in [2.75, 3.05) is 7.11 Å². The molecule has 1 aromatic carbocycles. The van der Waals surface area contributed by atoms with Crippen LogP contribution in [0.2, 0.25) is 0 Å². The van der Waals surface area contributed by atoms with Gasteiger partial charge in [-0.15, -0.1) is 5.10 Å². The van der Waals surface area contributed by atoms with E-state index in [4.69, 9.17) is 4.74 Å². The molecule has 1 heterocycles. The van der Waals surface area contributed by atoms with E-state index in [0.29, 0.717) is 5.82 Å². The van der Waals surface area contributed by atoms with Crippen LogP contribution in [0.1, 0.15) is 61.5 Å². The fraction of sp³-hybridized carbons (Fsp3) is 0.571. The second-order valence-corrected chi connectivity index (χ2v) is 7.83. The normalized spacial score (nSPS) is 16.7. The van der Waals surface area contributed by atoms with E-state index in [1.165, 1.54) is 18.2 Å². The lowest BCUT2D eigenvalue weighted by Gasteiger charge is -2.33. The first kappa shape index (κ1) is 21.9. The highest BCUT2D eigenvalue weighted by Crippen LogP contribution is 2.31. The van der Waals surface area contributed by atoms with E-state index in [0.717, 1.165) is 36.8 Å². The largest absolute Gasteiger partial charge is 0.481 e. The van der Waals surface area contributed by atoms with Crippen molar-refractivity contribution in [1.82, 2.24) is 25.5 Å². The minimum Gasteiger partial charge on any atom is -0.481 e. The van der Waals surface area contributed by atoms with Crippen LogP contribution in [-0.2, 0) is 20.9 Å². The van der Waals surface area contributed by atoms with Gasteiger partial charge in [0, 0.05) is 6.04 Å². The number of hydrogen-bond acceptors (Lipinski definition) is 7. The molecular weight excluding hydrogens is 386 g/mol. The lowest BCUT2D eigenvalue weighted by atomic mass is 9.82. The van der Waals surface area contributed by atoms with E-state index >= 15 is 0 Å². The number of rotatable bonds is 9. The third-order valence-electron chi connectivity index (χ3n) is 5.82. The summed E-state index contributed by atoms with van der Waals surface area (Å²) in [7, 11) is 1.31. The van der Waals surface area contributed by atoms with Crippen LogP contribution in [0.4, 0.5) is 0 Å². The Morgan fingerprint density at radius 3 is 2.67 bits per heavy atom. The third kappa shape index (κ3) is 5.41. The Labute approximate surface area is 175 Å². The smallest absolute Gasteiger partial charge is 0.327 e. The van der Waals surface area contributed by atoms with Gasteiger partial charge in [-0.2, -0.15) is 0 Å². The number of ether oxygens (including phenoxy) is 1. The molecule has 2 aromatic rings. The average Bonchev–Trinajstić information content (AvgIpc) is 3.19. The highest BCUT2D eigenvalue weighted by atomic mass is 16.5. The quantitative estimate of drug-likeness (QED) is 0.599. The molecule has 0 amide bonds. The van der Waals surface area contributed by atoms with Crippen molar-refractivity contribution in [2.45, 2.75) is 64.1 Å². The zero-order valence-corrected chi connectivity index (χ0v) is 17.5. The van der Waals surface area contributed by atoms with Crippen molar-refractivity contribution >= 4 is 11.9 Å². The van der Waals surface area contributed by atoms with Gasteiger partial charge in [0.1, 0.15) is 6.54 Å². The van der Waals surface area contributed by atoms with Crippen LogP contribution in [0.25, 0.3) is 0 Å². The number of aliphatic carboxylic acids is 1. The van der Waals surface area contributed by atoms with Gasteiger partial charge < -0.3 is 9.84 Å². The molecular formula is C21H29N5O4. The maximum absolute atomic E-state index is 11.8. The van der Waals surface area contributed by atoms with Gasteiger partial charge in [-0.3, -0.25) is 14.9 Å². The molecule has 0 saturated heterocycles. The first-order valence-electron chi connectivity index (χ1n) is 10.4. The number of carboxylic acid groups (broad SMARTS) is 1. The number of tetrazole rings is 1. The van der Waals surface area contributed by atoms with E-state index in [1.54, 1.807) is 0 Å². The van der Waals surface area contributed by atoms with Crippen molar-refractivity contribution in [3.8, 4) is 0 Å². The van der Waals surface area contributed by atoms with Gasteiger partial charge in [0.25, 0.3) is 0 Å². The number of esters is 1. The topological polar surface area (TPSA) is 119 Å². The highest BCUT2D eigenvalue weighted by molar-refractivity contribution is 5.69. The first-order valence-corrected chi connectivity index (χ1v) is 10.4. The molecule has 2 unspecified atom stereocenters. The number of aromatic nitrogens is 4. The first-order chi connectivity index (χ1) is 14.5. The molecule has 2 atom stereocenters. The molecule has 1 aliphatic carbocycles. The minimum absolute atomic E-state index is 0.0195. The highest BCUT2D eigenvalue weighted by Gasteiger charge is 2.32. The maximum atomic E-state index is 11.8. The van der Waals surface area contributed by atoms with Gasteiger partial charge in [-0.25, -0.2) is 4.68 Å². The predicted octanol–water partition coefficient (Wildman–Crippen LogP) is 2.26.